The summed E-state index contributed by atoms with van der Waals surface area (Å²) in [5.74, 6) is 0.977. The van der Waals surface area contributed by atoms with Crippen LogP contribution in [-0.2, 0) is 9.53 Å². The van der Waals surface area contributed by atoms with Crippen LogP contribution in [-0.4, -0.2) is 34.8 Å². The number of fused-ring (bicyclic) bond motifs is 2. The second-order valence-electron chi connectivity index (χ2n) is 9.77. The number of hydrogen-bond donors (Lipinski definition) is 0. The van der Waals surface area contributed by atoms with Gasteiger partial charge in [0, 0.05) is 28.0 Å². The van der Waals surface area contributed by atoms with Gasteiger partial charge in [0.15, 0.2) is 16.3 Å². The first kappa shape index (κ1) is 27.2. The number of carbonyl (C=O) groups is 1. The first-order chi connectivity index (χ1) is 19.8. The fraction of sp³-hybridized carbons (Fsp3) is 0.258. The van der Waals surface area contributed by atoms with Gasteiger partial charge in [-0.15, -0.1) is 11.8 Å². The van der Waals surface area contributed by atoms with Gasteiger partial charge >= 0.3 is 5.97 Å². The number of carbonyl (C=O) groups excluding carboxylic acids is 1. The highest BCUT2D eigenvalue weighted by molar-refractivity contribution is 7.98. The van der Waals surface area contributed by atoms with Gasteiger partial charge in [-0.3, -0.25) is 9.36 Å². The van der Waals surface area contributed by atoms with Crippen LogP contribution in [0.4, 0.5) is 0 Å². The second-order valence-corrected chi connectivity index (χ2v) is 11.7. The molecule has 6 rings (SSSR count). The summed E-state index contributed by atoms with van der Waals surface area (Å²) in [4.78, 5) is 33.5. The van der Waals surface area contributed by atoms with Crippen molar-refractivity contribution < 1.29 is 19.0 Å². The molecule has 0 aliphatic carbocycles. The van der Waals surface area contributed by atoms with Crippen molar-refractivity contribution in [2.24, 2.45) is 4.99 Å². The van der Waals surface area contributed by atoms with E-state index < -0.39 is 12.0 Å². The van der Waals surface area contributed by atoms with E-state index in [1.807, 2.05) is 68.6 Å². The number of esters is 1. The molecule has 2 aliphatic heterocycles. The molecule has 41 heavy (non-hydrogen) atoms. The summed E-state index contributed by atoms with van der Waals surface area (Å²) in [6, 6.07) is 15.2. The number of benzene rings is 2. The van der Waals surface area contributed by atoms with E-state index in [1.165, 1.54) is 11.3 Å². The van der Waals surface area contributed by atoms with Crippen molar-refractivity contribution in [2.75, 3.05) is 19.7 Å². The van der Waals surface area contributed by atoms with Gasteiger partial charge in [-0.25, -0.2) is 9.79 Å². The van der Waals surface area contributed by atoms with Crippen LogP contribution in [0.25, 0.3) is 11.8 Å². The molecular weight excluding hydrogens is 558 g/mol. The van der Waals surface area contributed by atoms with Crippen LogP contribution in [0.2, 0.25) is 0 Å². The molecule has 0 unspecified atom stereocenters. The van der Waals surface area contributed by atoms with Crippen LogP contribution in [0.15, 0.2) is 74.5 Å². The summed E-state index contributed by atoms with van der Waals surface area (Å²) in [6.45, 7) is 8.08. The lowest BCUT2D eigenvalue weighted by atomic mass is 9.96. The van der Waals surface area contributed by atoms with Gasteiger partial charge in [0.1, 0.15) is 0 Å². The quantitative estimate of drug-likeness (QED) is 0.241. The maximum atomic E-state index is 14.0. The number of ether oxygens (including phenoxy) is 3. The smallest absolute Gasteiger partial charge is 0.338 e. The van der Waals surface area contributed by atoms with E-state index >= 15 is 0 Å². The number of aryl methyl sites for hydroxylation is 1. The van der Waals surface area contributed by atoms with Crippen molar-refractivity contribution in [3.63, 3.8) is 0 Å². The SMILES string of the molecule is CCOC(=O)C1=C(C)N=c2s/c(=C/c3cc(C)n(-c4ccc5c(c4)OCO5)c3C)c(=O)n2[C@H]1c1ccc(SC)cc1. The van der Waals surface area contributed by atoms with Crippen LogP contribution in [0.5, 0.6) is 11.5 Å². The number of allylic oxidation sites excluding steroid dienone is 1. The zero-order chi connectivity index (χ0) is 28.8. The van der Waals surface area contributed by atoms with E-state index in [4.69, 9.17) is 19.2 Å². The van der Waals surface area contributed by atoms with Crippen molar-refractivity contribution in [1.82, 2.24) is 9.13 Å². The monoisotopic (exact) mass is 587 g/mol. The lowest BCUT2D eigenvalue weighted by Crippen LogP contribution is -2.39. The number of nitrogens with zero attached hydrogens (tertiary/aromatic N) is 3. The molecule has 210 valence electrons. The molecule has 4 heterocycles. The Balaban J connectivity index is 1.49. The molecule has 2 aliphatic rings. The van der Waals surface area contributed by atoms with E-state index in [0.717, 1.165) is 38.8 Å². The molecule has 0 saturated carbocycles. The van der Waals surface area contributed by atoms with E-state index in [2.05, 4.69) is 10.6 Å². The van der Waals surface area contributed by atoms with E-state index in [1.54, 1.807) is 30.2 Å². The summed E-state index contributed by atoms with van der Waals surface area (Å²) >= 11 is 2.96. The van der Waals surface area contributed by atoms with Crippen LogP contribution >= 0.6 is 23.1 Å². The molecular formula is C31H29N3O5S2. The predicted octanol–water partition coefficient (Wildman–Crippen LogP) is 4.66. The molecule has 0 fully saturated rings. The Morgan fingerprint density at radius 3 is 2.61 bits per heavy atom. The molecule has 0 saturated heterocycles. The molecule has 8 nitrogen and oxygen atoms in total. The molecule has 0 radical (unpaired) electrons. The minimum absolute atomic E-state index is 0.199. The molecule has 4 aromatic rings. The molecule has 10 heteroatoms. The number of hydrogen-bond acceptors (Lipinski definition) is 8. The number of thioether (sulfide) groups is 1. The third-order valence-corrected chi connectivity index (χ3v) is 9.05. The lowest BCUT2D eigenvalue weighted by molar-refractivity contribution is -0.139. The average Bonchev–Trinajstić information content (AvgIpc) is 3.63. The number of aromatic nitrogens is 2. The van der Waals surface area contributed by atoms with Crippen LogP contribution in [0, 0.1) is 13.8 Å². The molecule has 0 amide bonds. The molecule has 2 aromatic carbocycles. The van der Waals surface area contributed by atoms with Gasteiger partial charge in [0.05, 0.1) is 28.5 Å². The standard InChI is InChI=1S/C31H29N3O5S2/c1-6-37-30(36)27-18(3)32-31-34(28(27)20-7-10-23(40-5)11-8-20)29(35)26(41-31)14-21-13-17(2)33(19(21)4)22-9-12-24-25(15-22)39-16-38-24/h7-15,28H,6,16H2,1-5H3/b26-14+/t28-/m0/s1. The third-order valence-electron chi connectivity index (χ3n) is 7.32. The van der Waals surface area contributed by atoms with Crippen LogP contribution < -0.4 is 24.4 Å². The molecule has 0 spiro atoms. The van der Waals surface area contributed by atoms with Crippen molar-refractivity contribution in [3.05, 3.63) is 102 Å². The molecule has 2 aromatic heterocycles. The lowest BCUT2D eigenvalue weighted by Gasteiger charge is -2.24. The van der Waals surface area contributed by atoms with Crippen molar-refractivity contribution in [3.8, 4) is 17.2 Å². The van der Waals surface area contributed by atoms with Gasteiger partial charge < -0.3 is 18.8 Å². The maximum Gasteiger partial charge on any atom is 0.338 e. The first-order valence-electron chi connectivity index (χ1n) is 13.2. The van der Waals surface area contributed by atoms with Crippen LogP contribution in [0.1, 0.15) is 42.4 Å². The normalized spacial score (nSPS) is 16.1. The Kier molecular flexibility index (Phi) is 7.13. The fourth-order valence-corrected chi connectivity index (χ4v) is 6.84. The van der Waals surface area contributed by atoms with E-state index in [0.29, 0.717) is 26.4 Å². The summed E-state index contributed by atoms with van der Waals surface area (Å²) in [5, 5.41) is 0. The first-order valence-corrected chi connectivity index (χ1v) is 15.3. The van der Waals surface area contributed by atoms with E-state index in [9.17, 15) is 9.59 Å². The zero-order valence-corrected chi connectivity index (χ0v) is 25.0. The van der Waals surface area contributed by atoms with Gasteiger partial charge in [0.25, 0.3) is 5.56 Å². The highest BCUT2D eigenvalue weighted by Crippen LogP contribution is 2.35. The largest absolute Gasteiger partial charge is 0.463 e. The Labute approximate surface area is 245 Å². The summed E-state index contributed by atoms with van der Waals surface area (Å²) < 4.78 is 20.7. The third kappa shape index (κ3) is 4.70. The minimum atomic E-state index is -0.635. The second kappa shape index (κ2) is 10.8. The van der Waals surface area contributed by atoms with Gasteiger partial charge in [-0.2, -0.15) is 0 Å². The molecule has 1 atom stereocenters. The average molecular weight is 588 g/mol. The maximum absolute atomic E-state index is 14.0. The Hall–Kier alpha value is -4.02. The van der Waals surface area contributed by atoms with E-state index in [-0.39, 0.29) is 19.0 Å². The predicted molar refractivity (Wildman–Crippen MR) is 160 cm³/mol. The van der Waals surface area contributed by atoms with Crippen molar-refractivity contribution in [1.29, 1.82) is 0 Å². The highest BCUT2D eigenvalue weighted by atomic mass is 32.2. The molecule has 0 bridgehead atoms. The Morgan fingerprint density at radius 2 is 1.88 bits per heavy atom. The van der Waals surface area contributed by atoms with Gasteiger partial charge in [-0.05, 0) is 81.5 Å². The summed E-state index contributed by atoms with van der Waals surface area (Å²) in [5.41, 5.74) is 5.44. The Morgan fingerprint density at radius 1 is 1.12 bits per heavy atom. The van der Waals surface area contributed by atoms with Crippen molar-refractivity contribution in [2.45, 2.75) is 38.6 Å². The van der Waals surface area contributed by atoms with Crippen LogP contribution in [0.3, 0.4) is 0 Å². The van der Waals surface area contributed by atoms with Crippen molar-refractivity contribution >= 4 is 35.1 Å². The summed E-state index contributed by atoms with van der Waals surface area (Å²) in [7, 11) is 0. The highest BCUT2D eigenvalue weighted by Gasteiger charge is 2.33. The topological polar surface area (TPSA) is 84.1 Å². The Bertz CT molecular complexity index is 1900. The molecule has 0 N–H and O–H groups in total. The fourth-order valence-electron chi connectivity index (χ4n) is 5.39. The minimum Gasteiger partial charge on any atom is -0.463 e. The van der Waals surface area contributed by atoms with Gasteiger partial charge in [-0.1, -0.05) is 23.5 Å². The number of thiazole rings is 1. The zero-order valence-electron chi connectivity index (χ0n) is 23.4. The number of rotatable bonds is 6. The van der Waals surface area contributed by atoms with Gasteiger partial charge in [0.2, 0.25) is 6.79 Å². The summed E-state index contributed by atoms with van der Waals surface area (Å²) in [6.07, 6.45) is 3.92.